The Labute approximate surface area is 509 Å². The summed E-state index contributed by atoms with van der Waals surface area (Å²) in [5, 5.41) is 3.16. The van der Waals surface area contributed by atoms with Gasteiger partial charge in [0.05, 0.1) is 0 Å². The Kier molecular flexibility index (Phi) is 78.1. The highest BCUT2D eigenvalue weighted by molar-refractivity contribution is 4.78. The molecule has 500 valence electrons. The number of nitrogens with one attached hydrogen (secondary N) is 1. The van der Waals surface area contributed by atoms with Gasteiger partial charge in [0, 0.05) is 29.6 Å². The van der Waals surface area contributed by atoms with E-state index in [4.69, 9.17) is 11.5 Å². The van der Waals surface area contributed by atoms with Crippen molar-refractivity contribution in [3.63, 3.8) is 0 Å². The third-order valence-corrected chi connectivity index (χ3v) is 12.9. The van der Waals surface area contributed by atoms with Crippen molar-refractivity contribution in [2.24, 2.45) is 76.1 Å². The van der Waals surface area contributed by atoms with Crippen LogP contribution in [0.25, 0.3) is 0 Å². The molecule has 0 aliphatic carbocycles. The maximum atomic E-state index is 11.4. The normalized spacial score (nSPS) is 12.5. The number of nitrogens with two attached hydrogens (primary N) is 2. The number of hydrogen-bond donors (Lipinski definition) is 3. The summed E-state index contributed by atoms with van der Waals surface area (Å²) < 4.78 is 34.2. The summed E-state index contributed by atoms with van der Waals surface area (Å²) in [6, 6.07) is 1.38. The molecule has 0 bridgehead atoms. The Morgan fingerprint density at radius 3 is 0.938 bits per heavy atom. The summed E-state index contributed by atoms with van der Waals surface area (Å²) in [4.78, 5) is 8.97. The van der Waals surface area contributed by atoms with Crippen molar-refractivity contribution >= 4 is 0 Å². The Balaban J connectivity index is -0.0000000853. The second-order valence-corrected chi connectivity index (χ2v) is 30.5. The summed E-state index contributed by atoms with van der Waals surface area (Å²) in [5.74, 6) is 7.40. The largest absolute Gasteiger partial charge is 0.389 e. The van der Waals surface area contributed by atoms with Gasteiger partial charge in [0.25, 0.3) is 0 Å². The van der Waals surface area contributed by atoms with Crippen molar-refractivity contribution in [3.8, 4) is 0 Å². The number of alkyl halides is 3. The van der Waals surface area contributed by atoms with Crippen LogP contribution in [0.5, 0.6) is 0 Å². The van der Waals surface area contributed by atoms with Gasteiger partial charge >= 0.3 is 6.18 Å². The zero-order valence-corrected chi connectivity index (χ0v) is 63.1. The molecule has 0 aromatic rings. The smallest absolute Gasteiger partial charge is 0.330 e. The van der Waals surface area contributed by atoms with Gasteiger partial charge in [-0.2, -0.15) is 13.2 Å². The quantitative estimate of drug-likeness (QED) is 0.0841. The fraction of sp³-hybridized carbons (Fsp3) is 1.00. The van der Waals surface area contributed by atoms with Crippen molar-refractivity contribution in [1.82, 2.24) is 24.9 Å². The maximum Gasteiger partial charge on any atom is 0.389 e. The lowest BCUT2D eigenvalue weighted by molar-refractivity contribution is -0.137. The molecule has 2 unspecified atom stereocenters. The van der Waals surface area contributed by atoms with Crippen molar-refractivity contribution in [2.45, 2.75) is 314 Å². The molecule has 0 rings (SSSR count). The first-order chi connectivity index (χ1) is 35.7. The number of halogens is 3. The Morgan fingerprint density at radius 1 is 0.475 bits per heavy atom. The van der Waals surface area contributed by atoms with Crippen LogP contribution in [0.2, 0.25) is 0 Å². The van der Waals surface area contributed by atoms with E-state index in [1.165, 1.54) is 64.5 Å². The first kappa shape index (κ1) is 101. The van der Waals surface area contributed by atoms with E-state index in [0.717, 1.165) is 78.7 Å². The van der Waals surface area contributed by atoms with E-state index >= 15 is 0 Å². The summed E-state index contributed by atoms with van der Waals surface area (Å²) >= 11 is 0. The molecule has 2 atom stereocenters. The number of hydrogen-bond acceptors (Lipinski definition) is 7. The number of unbranched alkanes of at least 4 members (excludes halogenated alkanes) is 1. The topological polar surface area (TPSA) is 77.0 Å². The molecule has 0 aromatic carbocycles. The summed E-state index contributed by atoms with van der Waals surface area (Å²) in [5.41, 5.74) is 11.9. The van der Waals surface area contributed by atoms with Gasteiger partial charge in [0.2, 0.25) is 0 Å². The van der Waals surface area contributed by atoms with E-state index in [-0.39, 0.29) is 17.9 Å². The van der Waals surface area contributed by atoms with Gasteiger partial charge in [-0.1, -0.05) is 192 Å². The predicted molar refractivity (Wildman–Crippen MR) is 369 cm³/mol. The molecule has 80 heavy (non-hydrogen) atoms. The third kappa shape index (κ3) is 128. The van der Waals surface area contributed by atoms with Crippen molar-refractivity contribution in [3.05, 3.63) is 0 Å². The molecule has 0 aliphatic heterocycles. The molecule has 0 fully saturated rings. The van der Waals surface area contributed by atoms with Gasteiger partial charge in [-0.05, 0) is 234 Å². The predicted octanol–water partition coefficient (Wildman–Crippen LogP) is 20.5. The van der Waals surface area contributed by atoms with Crippen LogP contribution >= 0.6 is 0 Å². The minimum atomic E-state index is -3.97. The highest BCUT2D eigenvalue weighted by atomic mass is 19.4. The SMILES string of the molecule is CC(C)CC(C)(C)N.CC(C)CC(C)(C)N(C)C.CC(C)CC(C)N(C)C.CC(C)CCC(F)(F)F.CC(C)CCN.CC(C)CCN(C)C.CC(C)CN(C)C.CCC(C)(C)CC(C)C.CCCCC(C)C.CNC(C)C(C)C. The molecule has 0 amide bonds. The van der Waals surface area contributed by atoms with Gasteiger partial charge in [-0.25, -0.2) is 0 Å². The number of rotatable bonds is 25. The van der Waals surface area contributed by atoms with Crippen LogP contribution in [0.15, 0.2) is 0 Å². The van der Waals surface area contributed by atoms with Crippen LogP contribution < -0.4 is 16.8 Å². The zero-order valence-electron chi connectivity index (χ0n) is 63.1. The average Bonchev–Trinajstić information content (AvgIpc) is 3.23. The minimum absolute atomic E-state index is 0.0220. The Bertz CT molecular complexity index is 1120. The van der Waals surface area contributed by atoms with Gasteiger partial charge in [-0.3, -0.25) is 0 Å². The van der Waals surface area contributed by atoms with E-state index in [1.54, 1.807) is 13.8 Å². The van der Waals surface area contributed by atoms with E-state index < -0.39 is 12.6 Å². The molecule has 7 nitrogen and oxygen atoms in total. The van der Waals surface area contributed by atoms with E-state index in [1.807, 2.05) is 7.05 Å². The number of nitrogens with zero attached hydrogens (tertiary/aromatic N) is 4. The van der Waals surface area contributed by atoms with Gasteiger partial charge in [-0.15, -0.1) is 0 Å². The second kappa shape index (κ2) is 61.6. The van der Waals surface area contributed by atoms with Gasteiger partial charge < -0.3 is 36.4 Å². The maximum absolute atomic E-state index is 11.4. The fourth-order valence-corrected chi connectivity index (χ4v) is 7.35. The van der Waals surface area contributed by atoms with Crippen LogP contribution in [-0.4, -0.2) is 132 Å². The van der Waals surface area contributed by atoms with Crippen molar-refractivity contribution in [1.29, 1.82) is 0 Å². The van der Waals surface area contributed by atoms with Crippen molar-refractivity contribution in [2.75, 3.05) is 83.1 Å². The van der Waals surface area contributed by atoms with E-state index in [0.29, 0.717) is 17.0 Å². The molecule has 0 saturated carbocycles. The van der Waals surface area contributed by atoms with E-state index in [9.17, 15) is 13.2 Å². The van der Waals surface area contributed by atoms with Gasteiger partial charge in [0.15, 0.2) is 0 Å². The van der Waals surface area contributed by atoms with Crippen LogP contribution in [-0.2, 0) is 0 Å². The highest BCUT2D eigenvalue weighted by Crippen LogP contribution is 2.28. The van der Waals surface area contributed by atoms with E-state index in [2.05, 4.69) is 275 Å². The lowest BCUT2D eigenvalue weighted by atomic mass is 9.82. The van der Waals surface area contributed by atoms with Crippen LogP contribution in [0, 0.1) is 64.6 Å². The molecule has 0 heterocycles. The van der Waals surface area contributed by atoms with Crippen molar-refractivity contribution < 1.29 is 13.2 Å². The Hall–Kier alpha value is -0.490. The first-order valence-corrected chi connectivity index (χ1v) is 32.5. The lowest BCUT2D eigenvalue weighted by Crippen LogP contribution is -2.39. The molecular formula is C70H164F3N7. The summed E-state index contributed by atoms with van der Waals surface area (Å²) in [6.45, 7) is 69.4. The molecular weight excluding hydrogens is 996 g/mol. The Morgan fingerprint density at radius 2 is 0.863 bits per heavy atom. The monoisotopic (exact) mass is 1160 g/mol. The molecule has 10 heteroatoms. The average molecular weight is 1160 g/mol. The second-order valence-electron chi connectivity index (χ2n) is 30.5. The minimum Gasteiger partial charge on any atom is -0.330 e. The van der Waals surface area contributed by atoms with Crippen LogP contribution in [0.3, 0.4) is 0 Å². The molecule has 0 saturated heterocycles. The van der Waals surface area contributed by atoms with Gasteiger partial charge in [0.1, 0.15) is 0 Å². The van der Waals surface area contributed by atoms with Crippen LogP contribution in [0.1, 0.15) is 285 Å². The van der Waals surface area contributed by atoms with Crippen LogP contribution in [0.4, 0.5) is 13.2 Å². The lowest BCUT2D eigenvalue weighted by Gasteiger charge is -2.34. The molecule has 0 radical (unpaired) electrons. The molecule has 0 aromatic heterocycles. The molecule has 0 spiro atoms. The highest BCUT2D eigenvalue weighted by Gasteiger charge is 2.26. The third-order valence-electron chi connectivity index (χ3n) is 12.9. The summed E-state index contributed by atoms with van der Waals surface area (Å²) in [6.07, 6.45) is 8.55. The molecule has 5 N–H and O–H groups in total. The fourth-order valence-electron chi connectivity index (χ4n) is 7.35. The first-order valence-electron chi connectivity index (χ1n) is 32.5. The standard InChI is InChI=1S/C9H21N.C9H20.C8H19N.2C7H17N.C7H16.C6H11F3.2C6H15N.C5H13N/c1-8(2)7-9(3,4)10(5)6;1-6-9(4,5)7-8(2)3;1-7(2)6-8(3)9(4)5;1-7(2)5-6-8(3)4;1-6(2)5-7(3,4)8;1-4-5-6-7(2)3;1-5(2)3-4-6(7,8)9;1-6(2)5-7(3)4;1-5(2)6(3)7-4;1-5(2)3-4-6/h8H,7H2,1-6H3;8H,6-7H2,1-5H3;7-8H,6H2,1-5H3;7H,5-6H2,1-4H3;6H,5,8H2,1-4H3;7H,4-6H2,1-3H3;5H,3-4H2,1-2H3;6H,5H2,1-4H3;5-7H,1-4H3;5H,3-4,6H2,1-2H3. The summed E-state index contributed by atoms with van der Waals surface area (Å²) in [7, 11) is 19.0. The zero-order chi connectivity index (χ0) is 66.6. The molecule has 0 aliphatic rings.